The summed E-state index contributed by atoms with van der Waals surface area (Å²) < 4.78 is 5.88. The van der Waals surface area contributed by atoms with E-state index in [0.29, 0.717) is 23.2 Å². The van der Waals surface area contributed by atoms with Crippen molar-refractivity contribution >= 4 is 17.5 Å². The highest BCUT2D eigenvalue weighted by Gasteiger charge is 2.27. The van der Waals surface area contributed by atoms with Crippen molar-refractivity contribution in [3.63, 3.8) is 0 Å². The first-order chi connectivity index (χ1) is 11.1. The van der Waals surface area contributed by atoms with E-state index in [2.05, 4.69) is 9.97 Å². The van der Waals surface area contributed by atoms with Gasteiger partial charge in [0.25, 0.3) is 0 Å². The van der Waals surface area contributed by atoms with Gasteiger partial charge < -0.3 is 9.64 Å². The van der Waals surface area contributed by atoms with E-state index >= 15 is 0 Å². The molecule has 3 rings (SSSR count). The van der Waals surface area contributed by atoms with Gasteiger partial charge in [-0.2, -0.15) is 0 Å². The topological polar surface area (TPSA) is 55.3 Å². The zero-order valence-electron chi connectivity index (χ0n) is 12.9. The molecule has 1 fully saturated rings. The molecular formula is C17H18ClN3O2. The predicted octanol–water partition coefficient (Wildman–Crippen LogP) is 3.65. The number of rotatable bonds is 3. The van der Waals surface area contributed by atoms with Crippen molar-refractivity contribution in [2.75, 3.05) is 13.1 Å². The average Bonchev–Trinajstić information content (AvgIpc) is 2.57. The summed E-state index contributed by atoms with van der Waals surface area (Å²) in [6.45, 7) is 3.06. The number of aromatic nitrogens is 2. The average molecular weight is 332 g/mol. The molecule has 2 heterocycles. The molecule has 120 valence electrons. The molecule has 23 heavy (non-hydrogen) atoms. The second kappa shape index (κ2) is 6.96. The number of halogens is 1. The molecule has 1 aliphatic rings. The van der Waals surface area contributed by atoms with Crippen LogP contribution in [-0.4, -0.2) is 33.9 Å². The molecule has 6 heteroatoms. The van der Waals surface area contributed by atoms with E-state index in [4.69, 9.17) is 16.3 Å². The number of hydrogen-bond acceptors (Lipinski definition) is 4. The molecule has 1 saturated heterocycles. The fourth-order valence-corrected chi connectivity index (χ4v) is 2.92. The lowest BCUT2D eigenvalue weighted by Gasteiger charge is -2.32. The summed E-state index contributed by atoms with van der Waals surface area (Å²) in [5.41, 5.74) is 0.799. The molecule has 1 aliphatic heterocycles. The largest absolute Gasteiger partial charge is 0.437 e. The Balaban J connectivity index is 1.82. The molecule has 1 amide bonds. The Morgan fingerprint density at radius 2 is 2.00 bits per heavy atom. The van der Waals surface area contributed by atoms with Gasteiger partial charge in [-0.3, -0.25) is 9.78 Å². The Morgan fingerprint density at radius 1 is 1.26 bits per heavy atom. The standard InChI is InChI=1S/C17H18ClN3O2/c1-12(22)21-10-2-3-13(11-21)16-17(20-9-8-19-16)23-15-6-4-14(18)5-7-15/h4-9,13H,2-3,10-11H2,1H3/t13-/m1/s1. The highest BCUT2D eigenvalue weighted by molar-refractivity contribution is 6.30. The summed E-state index contributed by atoms with van der Waals surface area (Å²) in [4.78, 5) is 22.3. The molecule has 0 N–H and O–H groups in total. The van der Waals surface area contributed by atoms with E-state index in [1.165, 1.54) is 0 Å². The van der Waals surface area contributed by atoms with Crippen molar-refractivity contribution in [2.45, 2.75) is 25.7 Å². The second-order valence-corrected chi connectivity index (χ2v) is 6.04. The zero-order valence-corrected chi connectivity index (χ0v) is 13.7. The summed E-state index contributed by atoms with van der Waals surface area (Å²) in [5, 5.41) is 0.654. The molecule has 1 aromatic carbocycles. The number of amides is 1. The molecule has 0 spiro atoms. The minimum Gasteiger partial charge on any atom is -0.437 e. The summed E-state index contributed by atoms with van der Waals surface area (Å²) in [6.07, 6.45) is 5.21. The monoisotopic (exact) mass is 331 g/mol. The first-order valence-corrected chi connectivity index (χ1v) is 8.01. The van der Waals surface area contributed by atoms with Crippen LogP contribution < -0.4 is 4.74 Å². The van der Waals surface area contributed by atoms with Crippen molar-refractivity contribution in [1.29, 1.82) is 0 Å². The highest BCUT2D eigenvalue weighted by atomic mass is 35.5. The minimum atomic E-state index is 0.0961. The molecule has 0 aliphatic carbocycles. The zero-order chi connectivity index (χ0) is 16.2. The SMILES string of the molecule is CC(=O)N1CCC[C@@H](c2nccnc2Oc2ccc(Cl)cc2)C1. The maximum atomic E-state index is 11.6. The lowest BCUT2D eigenvalue weighted by molar-refractivity contribution is -0.130. The van der Waals surface area contributed by atoms with Crippen molar-refractivity contribution in [2.24, 2.45) is 0 Å². The van der Waals surface area contributed by atoms with E-state index in [-0.39, 0.29) is 11.8 Å². The van der Waals surface area contributed by atoms with E-state index < -0.39 is 0 Å². The van der Waals surface area contributed by atoms with Crippen LogP contribution in [0, 0.1) is 0 Å². The molecule has 0 bridgehead atoms. The van der Waals surface area contributed by atoms with E-state index in [1.54, 1.807) is 43.6 Å². The Hall–Kier alpha value is -2.14. The van der Waals surface area contributed by atoms with Crippen molar-refractivity contribution in [1.82, 2.24) is 14.9 Å². The number of piperidine rings is 1. The van der Waals surface area contributed by atoms with Gasteiger partial charge in [0.15, 0.2) is 0 Å². The summed E-state index contributed by atoms with van der Waals surface area (Å²) in [5.74, 6) is 1.39. The van der Waals surface area contributed by atoms with Gasteiger partial charge >= 0.3 is 0 Å². The first-order valence-electron chi connectivity index (χ1n) is 7.63. The molecule has 0 unspecified atom stereocenters. The number of hydrogen-bond donors (Lipinski definition) is 0. The lowest BCUT2D eigenvalue weighted by Crippen LogP contribution is -2.38. The van der Waals surface area contributed by atoms with Crippen LogP contribution in [-0.2, 0) is 4.79 Å². The summed E-state index contributed by atoms with van der Waals surface area (Å²) >= 11 is 5.89. The number of ether oxygens (including phenoxy) is 1. The lowest BCUT2D eigenvalue weighted by atomic mass is 9.94. The predicted molar refractivity (Wildman–Crippen MR) is 87.8 cm³/mol. The van der Waals surface area contributed by atoms with Crippen LogP contribution in [0.2, 0.25) is 5.02 Å². The van der Waals surface area contributed by atoms with Gasteiger partial charge in [0, 0.05) is 43.3 Å². The Morgan fingerprint density at radius 3 is 2.74 bits per heavy atom. The molecule has 1 atom stereocenters. The third-order valence-electron chi connectivity index (χ3n) is 3.97. The van der Waals surface area contributed by atoms with Crippen LogP contribution in [0.4, 0.5) is 0 Å². The smallest absolute Gasteiger partial charge is 0.241 e. The Labute approximate surface area is 140 Å². The van der Waals surface area contributed by atoms with Crippen LogP contribution >= 0.6 is 11.6 Å². The molecule has 1 aromatic heterocycles. The Kier molecular flexibility index (Phi) is 4.76. The van der Waals surface area contributed by atoms with Crippen LogP contribution in [0.15, 0.2) is 36.7 Å². The van der Waals surface area contributed by atoms with Gasteiger partial charge in [0.2, 0.25) is 11.8 Å². The third-order valence-corrected chi connectivity index (χ3v) is 4.22. The number of benzene rings is 1. The fourth-order valence-electron chi connectivity index (χ4n) is 2.80. The van der Waals surface area contributed by atoms with E-state index in [9.17, 15) is 4.79 Å². The van der Waals surface area contributed by atoms with Crippen LogP contribution in [0.1, 0.15) is 31.4 Å². The van der Waals surface area contributed by atoms with Crippen molar-refractivity contribution in [3.05, 3.63) is 47.4 Å². The van der Waals surface area contributed by atoms with Crippen LogP contribution in [0.25, 0.3) is 0 Å². The number of carbonyl (C=O) groups is 1. The normalized spacial score (nSPS) is 17.8. The fraction of sp³-hybridized carbons (Fsp3) is 0.353. The maximum Gasteiger partial charge on any atom is 0.241 e. The van der Waals surface area contributed by atoms with Crippen LogP contribution in [0.5, 0.6) is 11.6 Å². The van der Waals surface area contributed by atoms with Gasteiger partial charge in [-0.15, -0.1) is 0 Å². The summed E-state index contributed by atoms with van der Waals surface area (Å²) in [7, 11) is 0. The minimum absolute atomic E-state index is 0.0961. The van der Waals surface area contributed by atoms with E-state index in [0.717, 1.165) is 25.1 Å². The van der Waals surface area contributed by atoms with Crippen LogP contribution in [0.3, 0.4) is 0 Å². The molecule has 2 aromatic rings. The van der Waals surface area contributed by atoms with Gasteiger partial charge in [0.05, 0.1) is 0 Å². The number of carbonyl (C=O) groups excluding carboxylic acids is 1. The summed E-state index contributed by atoms with van der Waals surface area (Å²) in [6, 6.07) is 7.13. The molecule has 0 radical (unpaired) electrons. The molecule has 5 nitrogen and oxygen atoms in total. The van der Waals surface area contributed by atoms with E-state index in [1.807, 2.05) is 4.90 Å². The highest BCUT2D eigenvalue weighted by Crippen LogP contribution is 2.32. The quantitative estimate of drug-likeness (QED) is 0.861. The first kappa shape index (κ1) is 15.7. The second-order valence-electron chi connectivity index (χ2n) is 5.61. The van der Waals surface area contributed by atoms with Gasteiger partial charge in [-0.1, -0.05) is 11.6 Å². The maximum absolute atomic E-state index is 11.6. The third kappa shape index (κ3) is 3.79. The molecule has 0 saturated carbocycles. The van der Waals surface area contributed by atoms with Crippen molar-refractivity contribution < 1.29 is 9.53 Å². The van der Waals surface area contributed by atoms with Crippen molar-refractivity contribution in [3.8, 4) is 11.6 Å². The number of nitrogens with zero attached hydrogens (tertiary/aromatic N) is 3. The van der Waals surface area contributed by atoms with Gasteiger partial charge in [-0.25, -0.2) is 4.98 Å². The van der Waals surface area contributed by atoms with Gasteiger partial charge in [0.1, 0.15) is 11.4 Å². The Bertz CT molecular complexity index is 690. The number of likely N-dealkylation sites (tertiary alicyclic amines) is 1. The van der Waals surface area contributed by atoms with Gasteiger partial charge in [-0.05, 0) is 37.1 Å². The molecular weight excluding hydrogens is 314 g/mol.